The number of thiazole rings is 1. The standard InChI is InChI=1S/C15H16FN3O2S2/c1-9-14(22-8-12(17)20)23-15(18-9)19-13(21)7-4-10-2-5-11(16)6-3-10/h2-3,5-6H,4,7-8H2,1H3,(H2,17,20)(H,18,19,21). The van der Waals surface area contributed by atoms with E-state index in [2.05, 4.69) is 10.3 Å². The number of amides is 2. The number of thioether (sulfide) groups is 1. The van der Waals surface area contributed by atoms with E-state index in [9.17, 15) is 14.0 Å². The largest absolute Gasteiger partial charge is 0.369 e. The summed E-state index contributed by atoms with van der Waals surface area (Å²) in [6.07, 6.45) is 0.813. The molecule has 0 atom stereocenters. The van der Waals surface area contributed by atoms with Crippen LogP contribution in [-0.4, -0.2) is 22.6 Å². The van der Waals surface area contributed by atoms with Gasteiger partial charge in [0.1, 0.15) is 5.82 Å². The van der Waals surface area contributed by atoms with Crippen LogP contribution in [0.4, 0.5) is 9.52 Å². The van der Waals surface area contributed by atoms with Gasteiger partial charge in [-0.3, -0.25) is 9.59 Å². The number of aromatic nitrogens is 1. The molecule has 0 radical (unpaired) electrons. The lowest BCUT2D eigenvalue weighted by Gasteiger charge is -2.02. The number of anilines is 1. The highest BCUT2D eigenvalue weighted by molar-refractivity contribution is 8.01. The van der Waals surface area contributed by atoms with Gasteiger partial charge in [-0.05, 0) is 31.0 Å². The van der Waals surface area contributed by atoms with E-state index in [1.807, 2.05) is 6.92 Å². The van der Waals surface area contributed by atoms with Crippen molar-refractivity contribution in [2.24, 2.45) is 5.73 Å². The van der Waals surface area contributed by atoms with Crippen molar-refractivity contribution in [3.8, 4) is 0 Å². The second-order valence-electron chi connectivity index (χ2n) is 4.82. The van der Waals surface area contributed by atoms with Crippen LogP contribution < -0.4 is 11.1 Å². The number of aryl methyl sites for hydroxylation is 2. The van der Waals surface area contributed by atoms with Gasteiger partial charge in [0.05, 0.1) is 15.7 Å². The van der Waals surface area contributed by atoms with Gasteiger partial charge in [-0.1, -0.05) is 23.5 Å². The van der Waals surface area contributed by atoms with E-state index >= 15 is 0 Å². The Balaban J connectivity index is 1.86. The fourth-order valence-electron chi connectivity index (χ4n) is 1.80. The average Bonchev–Trinajstić information content (AvgIpc) is 2.84. The molecule has 0 saturated carbocycles. The molecule has 0 saturated heterocycles. The minimum absolute atomic E-state index is 0.158. The van der Waals surface area contributed by atoms with Crippen LogP contribution in [0.1, 0.15) is 17.7 Å². The third kappa shape index (κ3) is 5.65. The van der Waals surface area contributed by atoms with Crippen molar-refractivity contribution in [1.82, 2.24) is 4.98 Å². The molecule has 2 aromatic rings. The first kappa shape index (κ1) is 17.4. The maximum atomic E-state index is 12.8. The van der Waals surface area contributed by atoms with Crippen molar-refractivity contribution in [3.05, 3.63) is 41.3 Å². The Labute approximate surface area is 141 Å². The van der Waals surface area contributed by atoms with Crippen LogP contribution in [-0.2, 0) is 16.0 Å². The second kappa shape index (κ2) is 8.07. The summed E-state index contributed by atoms with van der Waals surface area (Å²) in [5.74, 6) is -0.666. The van der Waals surface area contributed by atoms with Gasteiger partial charge in [0, 0.05) is 6.42 Å². The van der Waals surface area contributed by atoms with Crippen molar-refractivity contribution in [1.29, 1.82) is 0 Å². The van der Waals surface area contributed by atoms with Crippen LogP contribution in [0.25, 0.3) is 0 Å². The molecule has 0 aliphatic carbocycles. The number of carbonyl (C=O) groups is 2. The van der Waals surface area contributed by atoms with Gasteiger partial charge in [-0.15, -0.1) is 11.8 Å². The first-order chi connectivity index (χ1) is 10.9. The molecule has 1 aromatic heterocycles. The zero-order chi connectivity index (χ0) is 16.8. The molecule has 0 aliphatic rings. The minimum atomic E-state index is -0.396. The summed E-state index contributed by atoms with van der Waals surface area (Å²) in [5.41, 5.74) is 6.77. The summed E-state index contributed by atoms with van der Waals surface area (Å²) < 4.78 is 13.7. The smallest absolute Gasteiger partial charge is 0.227 e. The van der Waals surface area contributed by atoms with E-state index in [1.165, 1.54) is 35.2 Å². The maximum Gasteiger partial charge on any atom is 0.227 e. The summed E-state index contributed by atoms with van der Waals surface area (Å²) >= 11 is 2.63. The van der Waals surface area contributed by atoms with Gasteiger partial charge in [0.25, 0.3) is 0 Å². The first-order valence-electron chi connectivity index (χ1n) is 6.87. The average molecular weight is 353 g/mol. The van der Waals surface area contributed by atoms with Crippen LogP contribution in [0.3, 0.4) is 0 Å². The summed E-state index contributed by atoms with van der Waals surface area (Å²) in [6.45, 7) is 1.81. The van der Waals surface area contributed by atoms with Crippen molar-refractivity contribution in [3.63, 3.8) is 0 Å². The number of hydrogen-bond donors (Lipinski definition) is 2. The predicted octanol–water partition coefficient (Wildman–Crippen LogP) is 2.74. The molecule has 1 heterocycles. The fraction of sp³-hybridized carbons (Fsp3) is 0.267. The monoisotopic (exact) mass is 353 g/mol. The quantitative estimate of drug-likeness (QED) is 0.750. The highest BCUT2D eigenvalue weighted by Crippen LogP contribution is 2.31. The number of halogens is 1. The van der Waals surface area contributed by atoms with Crippen LogP contribution >= 0.6 is 23.1 Å². The third-order valence-electron chi connectivity index (χ3n) is 2.90. The van der Waals surface area contributed by atoms with Gasteiger partial charge >= 0.3 is 0 Å². The number of nitrogens with zero attached hydrogens (tertiary/aromatic N) is 1. The fourth-order valence-corrected chi connectivity index (χ4v) is 3.69. The second-order valence-corrected chi connectivity index (χ2v) is 7.06. The molecule has 5 nitrogen and oxygen atoms in total. The zero-order valence-corrected chi connectivity index (χ0v) is 14.1. The highest BCUT2D eigenvalue weighted by atomic mass is 32.2. The topological polar surface area (TPSA) is 85.1 Å². The van der Waals surface area contributed by atoms with Crippen LogP contribution in [0.5, 0.6) is 0 Å². The van der Waals surface area contributed by atoms with Crippen molar-refractivity contribution in [2.45, 2.75) is 24.0 Å². The summed E-state index contributed by atoms with van der Waals surface area (Å²) in [4.78, 5) is 27.0. The molecule has 2 amide bonds. The Morgan fingerprint density at radius 2 is 2.04 bits per heavy atom. The van der Waals surface area contributed by atoms with E-state index in [-0.39, 0.29) is 23.9 Å². The molecule has 0 aliphatic heterocycles. The zero-order valence-electron chi connectivity index (χ0n) is 12.5. The highest BCUT2D eigenvalue weighted by Gasteiger charge is 2.12. The van der Waals surface area contributed by atoms with Crippen LogP contribution in [0.2, 0.25) is 0 Å². The molecule has 23 heavy (non-hydrogen) atoms. The number of carbonyl (C=O) groups excluding carboxylic acids is 2. The van der Waals surface area contributed by atoms with Gasteiger partial charge < -0.3 is 11.1 Å². The van der Waals surface area contributed by atoms with E-state index in [4.69, 9.17) is 5.73 Å². The Morgan fingerprint density at radius 3 is 2.70 bits per heavy atom. The molecule has 0 unspecified atom stereocenters. The lowest BCUT2D eigenvalue weighted by atomic mass is 10.1. The Kier molecular flexibility index (Phi) is 6.12. The van der Waals surface area contributed by atoms with Crippen molar-refractivity contribution in [2.75, 3.05) is 11.1 Å². The molecule has 122 valence electrons. The number of rotatable bonds is 7. The molecular formula is C15H16FN3O2S2. The molecule has 0 spiro atoms. The first-order valence-corrected chi connectivity index (χ1v) is 8.67. The number of hydrogen-bond acceptors (Lipinski definition) is 5. The van der Waals surface area contributed by atoms with Crippen molar-refractivity contribution >= 4 is 40.0 Å². The molecule has 0 fully saturated rings. The SMILES string of the molecule is Cc1nc(NC(=O)CCc2ccc(F)cc2)sc1SCC(N)=O. The van der Waals surface area contributed by atoms with Crippen LogP contribution in [0, 0.1) is 12.7 Å². The van der Waals surface area contributed by atoms with E-state index in [1.54, 1.807) is 12.1 Å². The number of benzene rings is 1. The molecule has 0 bridgehead atoms. The number of nitrogens with two attached hydrogens (primary N) is 1. The molecular weight excluding hydrogens is 337 g/mol. The lowest BCUT2D eigenvalue weighted by molar-refractivity contribution is -0.116. The summed E-state index contributed by atoms with van der Waals surface area (Å²) in [6, 6.07) is 6.07. The molecule has 1 aromatic carbocycles. The maximum absolute atomic E-state index is 12.8. The molecule has 2 rings (SSSR count). The van der Waals surface area contributed by atoms with Gasteiger partial charge in [0.15, 0.2) is 5.13 Å². The van der Waals surface area contributed by atoms with Gasteiger partial charge in [0.2, 0.25) is 11.8 Å². The van der Waals surface area contributed by atoms with Gasteiger partial charge in [-0.25, -0.2) is 9.37 Å². The number of nitrogens with one attached hydrogen (secondary N) is 1. The van der Waals surface area contributed by atoms with E-state index in [0.29, 0.717) is 11.6 Å². The number of primary amides is 1. The Hall–Kier alpha value is -1.93. The molecule has 8 heteroatoms. The third-order valence-corrected chi connectivity index (χ3v) is 5.36. The summed E-state index contributed by atoms with van der Waals surface area (Å²) in [7, 11) is 0. The van der Waals surface area contributed by atoms with Crippen molar-refractivity contribution < 1.29 is 14.0 Å². The van der Waals surface area contributed by atoms with Gasteiger partial charge in [-0.2, -0.15) is 0 Å². The molecule has 3 N–H and O–H groups in total. The van der Waals surface area contributed by atoms with E-state index < -0.39 is 5.91 Å². The van der Waals surface area contributed by atoms with E-state index in [0.717, 1.165) is 15.5 Å². The minimum Gasteiger partial charge on any atom is -0.369 e. The normalized spacial score (nSPS) is 10.5. The predicted molar refractivity (Wildman–Crippen MR) is 90.1 cm³/mol. The summed E-state index contributed by atoms with van der Waals surface area (Å²) in [5, 5.41) is 3.24. The Morgan fingerprint density at radius 1 is 1.35 bits per heavy atom. The van der Waals surface area contributed by atoms with Crippen LogP contribution in [0.15, 0.2) is 28.5 Å². The Bertz CT molecular complexity index is 701. The lowest BCUT2D eigenvalue weighted by Crippen LogP contribution is -2.12.